The van der Waals surface area contributed by atoms with E-state index in [4.69, 9.17) is 25.8 Å². The maximum Gasteiger partial charge on any atom is 0.335 e. The van der Waals surface area contributed by atoms with Crippen molar-refractivity contribution in [1.29, 1.82) is 0 Å². The van der Waals surface area contributed by atoms with Gasteiger partial charge in [-0.05, 0) is 25.1 Å². The first-order valence-corrected chi connectivity index (χ1v) is 10.3. The molecule has 2 aliphatic rings. The van der Waals surface area contributed by atoms with Crippen molar-refractivity contribution in [3.05, 3.63) is 40.7 Å². The van der Waals surface area contributed by atoms with Gasteiger partial charge in [-0.15, -0.1) is 0 Å². The third-order valence-electron chi connectivity index (χ3n) is 4.36. The van der Waals surface area contributed by atoms with E-state index in [1.54, 1.807) is 6.92 Å². The van der Waals surface area contributed by atoms with Crippen LogP contribution in [-0.2, 0) is 29.0 Å². The van der Waals surface area contributed by atoms with Gasteiger partial charge in [0.05, 0.1) is 36.1 Å². The fourth-order valence-electron chi connectivity index (χ4n) is 3.11. The van der Waals surface area contributed by atoms with Gasteiger partial charge in [-0.3, -0.25) is 4.72 Å². The van der Waals surface area contributed by atoms with Crippen LogP contribution in [0.25, 0.3) is 0 Å². The van der Waals surface area contributed by atoms with Crippen molar-refractivity contribution in [1.82, 2.24) is 0 Å². The Morgan fingerprint density at radius 1 is 1.41 bits per heavy atom. The van der Waals surface area contributed by atoms with Gasteiger partial charge in [-0.1, -0.05) is 17.7 Å². The molecule has 1 aliphatic heterocycles. The zero-order valence-corrected chi connectivity index (χ0v) is 16.1. The third-order valence-corrected chi connectivity index (χ3v) is 6.35. The lowest BCUT2D eigenvalue weighted by atomic mass is 9.93. The van der Waals surface area contributed by atoms with Crippen LogP contribution in [0.4, 0.5) is 10.1 Å². The molecule has 1 unspecified atom stereocenters. The van der Waals surface area contributed by atoms with Gasteiger partial charge in [0, 0.05) is 12.8 Å². The second kappa shape index (κ2) is 7.75. The smallest absolute Gasteiger partial charge is 0.335 e. The van der Waals surface area contributed by atoms with Gasteiger partial charge in [-0.2, -0.15) is 0 Å². The van der Waals surface area contributed by atoms with Crippen molar-refractivity contribution in [2.45, 2.75) is 30.8 Å². The normalized spacial score (nSPS) is 21.7. The summed E-state index contributed by atoms with van der Waals surface area (Å²) in [5, 5.41) is -1.37. The highest BCUT2D eigenvalue weighted by Gasteiger charge is 2.48. The monoisotopic (exact) mass is 419 g/mol. The van der Waals surface area contributed by atoms with Crippen molar-refractivity contribution in [2.75, 3.05) is 24.5 Å². The maximum atomic E-state index is 13.2. The first-order valence-electron chi connectivity index (χ1n) is 8.38. The number of benzene rings is 1. The van der Waals surface area contributed by atoms with Crippen LogP contribution >= 0.6 is 11.6 Å². The fraction of sp³-hybridized carbons (Fsp3) is 0.471. The first kappa shape index (κ1) is 20.1. The number of anilines is 1. The summed E-state index contributed by atoms with van der Waals surface area (Å²) in [6.45, 7) is 2.42. The number of carbonyl (C=O) groups is 1. The Morgan fingerprint density at radius 2 is 2.11 bits per heavy atom. The predicted molar refractivity (Wildman–Crippen MR) is 96.3 cm³/mol. The van der Waals surface area contributed by atoms with Crippen molar-refractivity contribution in [3.63, 3.8) is 0 Å². The van der Waals surface area contributed by atoms with Crippen LogP contribution in [0.1, 0.15) is 19.8 Å². The van der Waals surface area contributed by atoms with E-state index >= 15 is 0 Å². The number of ether oxygens (including phenoxy) is 3. The molecule has 10 heteroatoms. The molecular formula is C17H19ClFNO6S. The topological polar surface area (TPSA) is 90.9 Å². The van der Waals surface area contributed by atoms with Crippen molar-refractivity contribution in [3.8, 4) is 0 Å². The Kier molecular flexibility index (Phi) is 5.76. The molecule has 3 rings (SSSR count). The van der Waals surface area contributed by atoms with Gasteiger partial charge >= 0.3 is 5.97 Å². The molecule has 148 valence electrons. The maximum absolute atomic E-state index is 13.2. The van der Waals surface area contributed by atoms with Crippen molar-refractivity contribution < 1.29 is 31.8 Å². The number of hydrogen-bond donors (Lipinski definition) is 1. The number of rotatable bonds is 5. The quantitative estimate of drug-likeness (QED) is 0.738. The minimum atomic E-state index is -4.13. The SMILES string of the molecule is CCOC(=O)C1=CCC2(CC1S(=O)(=O)Nc1ccc(F)cc1Cl)OCCO2. The van der Waals surface area contributed by atoms with Gasteiger partial charge in [0.25, 0.3) is 0 Å². The number of esters is 1. The van der Waals surface area contributed by atoms with Crippen molar-refractivity contribution >= 4 is 33.3 Å². The summed E-state index contributed by atoms with van der Waals surface area (Å²) in [6, 6.07) is 3.29. The molecule has 0 radical (unpaired) electrons. The van der Waals surface area contributed by atoms with Crippen LogP contribution in [0.2, 0.25) is 5.02 Å². The zero-order chi connectivity index (χ0) is 19.7. The molecule has 1 saturated heterocycles. The van der Waals surface area contributed by atoms with E-state index < -0.39 is 32.8 Å². The Bertz CT molecular complexity index is 866. The fourth-order valence-corrected chi connectivity index (χ4v) is 5.01. The van der Waals surface area contributed by atoms with Gasteiger partial charge in [-0.25, -0.2) is 17.6 Å². The molecule has 1 spiro atoms. The second-order valence-electron chi connectivity index (χ2n) is 6.16. The van der Waals surface area contributed by atoms with Crippen LogP contribution in [0.5, 0.6) is 0 Å². The van der Waals surface area contributed by atoms with E-state index in [-0.39, 0.29) is 35.7 Å². The molecule has 1 aromatic rings. The summed E-state index contributed by atoms with van der Waals surface area (Å²) in [5.74, 6) is -2.41. The molecule has 7 nitrogen and oxygen atoms in total. The lowest BCUT2D eigenvalue weighted by molar-refractivity contribution is -0.162. The molecule has 1 aliphatic carbocycles. The molecular weight excluding hydrogens is 401 g/mol. The summed E-state index contributed by atoms with van der Waals surface area (Å²) in [5.41, 5.74) is 0.0152. The number of sulfonamides is 1. The lowest BCUT2D eigenvalue weighted by Gasteiger charge is -2.35. The van der Waals surface area contributed by atoms with Gasteiger partial charge in [0.15, 0.2) is 5.79 Å². The minimum Gasteiger partial charge on any atom is -0.463 e. The number of nitrogens with one attached hydrogen (secondary N) is 1. The number of hydrogen-bond acceptors (Lipinski definition) is 6. The van der Waals surface area contributed by atoms with E-state index in [1.807, 2.05) is 0 Å². The summed E-state index contributed by atoms with van der Waals surface area (Å²) >= 11 is 5.92. The van der Waals surface area contributed by atoms with Crippen molar-refractivity contribution in [2.24, 2.45) is 0 Å². The van der Waals surface area contributed by atoms with E-state index in [1.165, 1.54) is 12.1 Å². The Balaban J connectivity index is 1.94. The molecule has 0 aromatic heterocycles. The predicted octanol–water partition coefficient (Wildman–Crippen LogP) is 2.62. The summed E-state index contributed by atoms with van der Waals surface area (Å²) < 4.78 is 57.8. The van der Waals surface area contributed by atoms with Crippen LogP contribution in [-0.4, -0.2) is 45.2 Å². The highest BCUT2D eigenvalue weighted by Crippen LogP contribution is 2.39. The van der Waals surface area contributed by atoms with Gasteiger partial charge in [0.2, 0.25) is 10.0 Å². The standard InChI is InChI=1S/C17H19ClFNO6S/c1-2-24-16(21)12-5-6-17(25-7-8-26-17)10-15(12)27(22,23)20-14-4-3-11(19)9-13(14)18/h3-5,9,15,20H,2,6-8,10H2,1H3. The molecule has 1 heterocycles. The number of carbonyl (C=O) groups excluding carboxylic acids is 1. The molecule has 1 fully saturated rings. The van der Waals surface area contributed by atoms with Crippen LogP contribution in [0.15, 0.2) is 29.8 Å². The molecule has 0 bridgehead atoms. The number of halogens is 2. The molecule has 1 N–H and O–H groups in total. The third kappa shape index (κ3) is 4.26. The lowest BCUT2D eigenvalue weighted by Crippen LogP contribution is -2.45. The average molecular weight is 420 g/mol. The molecule has 0 amide bonds. The van der Waals surface area contributed by atoms with Crippen LogP contribution in [0.3, 0.4) is 0 Å². The van der Waals surface area contributed by atoms with Crippen LogP contribution < -0.4 is 4.72 Å². The van der Waals surface area contributed by atoms with E-state index in [0.29, 0.717) is 13.2 Å². The van der Waals surface area contributed by atoms with Gasteiger partial charge in [0.1, 0.15) is 11.1 Å². The first-order chi connectivity index (χ1) is 12.8. The Hall–Kier alpha value is -1.68. The largest absolute Gasteiger partial charge is 0.463 e. The molecule has 0 saturated carbocycles. The zero-order valence-electron chi connectivity index (χ0n) is 14.5. The van der Waals surface area contributed by atoms with Crippen LogP contribution in [0, 0.1) is 5.82 Å². The second-order valence-corrected chi connectivity index (χ2v) is 8.43. The Labute approximate surface area is 161 Å². The molecule has 27 heavy (non-hydrogen) atoms. The molecule has 1 aromatic carbocycles. The van der Waals surface area contributed by atoms with E-state index in [9.17, 15) is 17.6 Å². The highest BCUT2D eigenvalue weighted by molar-refractivity contribution is 7.93. The summed E-state index contributed by atoms with van der Waals surface area (Å²) in [4.78, 5) is 12.3. The average Bonchev–Trinajstić information content (AvgIpc) is 3.05. The van der Waals surface area contributed by atoms with E-state index in [2.05, 4.69) is 4.72 Å². The summed E-state index contributed by atoms with van der Waals surface area (Å²) in [6.07, 6.45) is 1.64. The highest BCUT2D eigenvalue weighted by atomic mass is 35.5. The summed E-state index contributed by atoms with van der Waals surface area (Å²) in [7, 11) is -4.13. The van der Waals surface area contributed by atoms with Gasteiger partial charge < -0.3 is 14.2 Å². The van der Waals surface area contributed by atoms with E-state index in [0.717, 1.165) is 12.1 Å². The minimum absolute atomic E-state index is 0.00677. The Morgan fingerprint density at radius 3 is 2.74 bits per heavy atom. The molecule has 1 atom stereocenters.